The summed E-state index contributed by atoms with van der Waals surface area (Å²) in [6, 6.07) is 0. The molecule has 72 valence electrons. The van der Waals surface area contributed by atoms with Gasteiger partial charge < -0.3 is 11.1 Å². The lowest BCUT2D eigenvalue weighted by molar-refractivity contribution is -0.120. The molecule has 1 heterocycles. The van der Waals surface area contributed by atoms with Gasteiger partial charge in [0, 0.05) is 25.9 Å². The third-order valence-electron chi connectivity index (χ3n) is 1.52. The van der Waals surface area contributed by atoms with Crippen LogP contribution < -0.4 is 11.1 Å². The summed E-state index contributed by atoms with van der Waals surface area (Å²) in [6.45, 7) is 0.947. The number of aromatic nitrogens is 3. The number of carbonyl (C=O) groups excluding carboxylic acids is 1. The van der Waals surface area contributed by atoms with Crippen LogP contribution in [0.25, 0.3) is 0 Å². The molecule has 6 heteroatoms. The predicted molar refractivity (Wildman–Crippen MR) is 46.8 cm³/mol. The molecular formula is C7H13N5O. The van der Waals surface area contributed by atoms with Gasteiger partial charge in [0.2, 0.25) is 5.91 Å². The van der Waals surface area contributed by atoms with Gasteiger partial charge in [-0.2, -0.15) is 5.10 Å². The average molecular weight is 183 g/mol. The van der Waals surface area contributed by atoms with Crippen LogP contribution in [0, 0.1) is 0 Å². The van der Waals surface area contributed by atoms with E-state index >= 15 is 0 Å². The highest BCUT2D eigenvalue weighted by Crippen LogP contribution is 1.85. The second kappa shape index (κ2) is 5.26. The van der Waals surface area contributed by atoms with Gasteiger partial charge in [-0.1, -0.05) is 0 Å². The van der Waals surface area contributed by atoms with Crippen LogP contribution in [0.3, 0.4) is 0 Å². The van der Waals surface area contributed by atoms with Crippen molar-refractivity contribution in [1.82, 2.24) is 20.5 Å². The van der Waals surface area contributed by atoms with Crippen molar-refractivity contribution in [1.29, 1.82) is 0 Å². The van der Waals surface area contributed by atoms with Crippen molar-refractivity contribution in [2.45, 2.75) is 12.8 Å². The quantitative estimate of drug-likeness (QED) is 0.535. The van der Waals surface area contributed by atoms with Gasteiger partial charge in [-0.3, -0.25) is 9.89 Å². The number of aromatic amines is 1. The Morgan fingerprint density at radius 1 is 1.69 bits per heavy atom. The van der Waals surface area contributed by atoms with Gasteiger partial charge in [-0.15, -0.1) is 0 Å². The third-order valence-corrected chi connectivity index (χ3v) is 1.52. The molecule has 13 heavy (non-hydrogen) atoms. The van der Waals surface area contributed by atoms with Crippen LogP contribution in [-0.4, -0.2) is 34.2 Å². The molecule has 0 spiro atoms. The van der Waals surface area contributed by atoms with Crippen LogP contribution >= 0.6 is 0 Å². The summed E-state index contributed by atoms with van der Waals surface area (Å²) >= 11 is 0. The maximum Gasteiger partial charge on any atom is 0.221 e. The second-order valence-corrected chi connectivity index (χ2v) is 2.57. The van der Waals surface area contributed by atoms with Gasteiger partial charge in [-0.25, -0.2) is 4.98 Å². The molecule has 1 aromatic heterocycles. The fraction of sp³-hybridized carbons (Fsp3) is 0.571. The lowest BCUT2D eigenvalue weighted by Gasteiger charge is -2.01. The van der Waals surface area contributed by atoms with Crippen molar-refractivity contribution in [2.75, 3.05) is 13.1 Å². The first-order valence-corrected chi connectivity index (χ1v) is 4.14. The van der Waals surface area contributed by atoms with Crippen LogP contribution in [0.1, 0.15) is 12.2 Å². The number of nitrogens with two attached hydrogens (primary N) is 1. The molecule has 0 aliphatic rings. The number of nitrogens with one attached hydrogen (secondary N) is 2. The van der Waals surface area contributed by atoms with Crippen LogP contribution in [0.4, 0.5) is 0 Å². The Bertz CT molecular complexity index is 245. The first-order valence-electron chi connectivity index (χ1n) is 4.14. The van der Waals surface area contributed by atoms with Gasteiger partial charge in [0.05, 0.1) is 0 Å². The highest BCUT2D eigenvalue weighted by atomic mass is 16.1. The summed E-state index contributed by atoms with van der Waals surface area (Å²) in [5.74, 6) is 0.745. The zero-order valence-electron chi connectivity index (χ0n) is 7.29. The Hall–Kier alpha value is -1.43. The molecule has 1 aromatic rings. The summed E-state index contributed by atoms with van der Waals surface area (Å²) < 4.78 is 0. The molecule has 0 saturated carbocycles. The van der Waals surface area contributed by atoms with E-state index < -0.39 is 0 Å². The van der Waals surface area contributed by atoms with Crippen LogP contribution in [0.2, 0.25) is 0 Å². The summed E-state index contributed by atoms with van der Waals surface area (Å²) in [4.78, 5) is 14.9. The molecule has 0 aliphatic heterocycles. The Balaban J connectivity index is 2.11. The molecular weight excluding hydrogens is 170 g/mol. The molecule has 0 aliphatic carbocycles. The van der Waals surface area contributed by atoms with Crippen LogP contribution in [0.15, 0.2) is 6.33 Å². The Morgan fingerprint density at radius 2 is 2.54 bits per heavy atom. The lowest BCUT2D eigenvalue weighted by Crippen LogP contribution is -2.27. The number of amides is 1. The van der Waals surface area contributed by atoms with E-state index in [2.05, 4.69) is 20.5 Å². The second-order valence-electron chi connectivity index (χ2n) is 2.57. The van der Waals surface area contributed by atoms with Gasteiger partial charge in [0.15, 0.2) is 0 Å². The van der Waals surface area contributed by atoms with Crippen molar-refractivity contribution in [3.63, 3.8) is 0 Å². The number of hydrogen-bond donors (Lipinski definition) is 3. The molecule has 0 saturated heterocycles. The monoisotopic (exact) mass is 183 g/mol. The zero-order valence-corrected chi connectivity index (χ0v) is 7.29. The van der Waals surface area contributed by atoms with Crippen molar-refractivity contribution in [2.24, 2.45) is 5.73 Å². The molecule has 0 aromatic carbocycles. The van der Waals surface area contributed by atoms with Gasteiger partial charge in [-0.05, 0) is 0 Å². The van der Waals surface area contributed by atoms with E-state index in [0.29, 0.717) is 25.9 Å². The number of nitrogens with zero attached hydrogens (tertiary/aromatic N) is 2. The molecule has 4 N–H and O–H groups in total. The van der Waals surface area contributed by atoms with E-state index in [1.54, 1.807) is 0 Å². The number of rotatable bonds is 5. The lowest BCUT2D eigenvalue weighted by atomic mass is 10.3. The molecule has 0 radical (unpaired) electrons. The SMILES string of the molecule is NCCC(=O)NCCc1ncn[nH]1. The van der Waals surface area contributed by atoms with Crippen molar-refractivity contribution in [3.8, 4) is 0 Å². The van der Waals surface area contributed by atoms with Crippen LogP contribution in [-0.2, 0) is 11.2 Å². The summed E-state index contributed by atoms with van der Waals surface area (Å²) in [5.41, 5.74) is 5.21. The number of carbonyl (C=O) groups is 1. The van der Waals surface area contributed by atoms with E-state index in [4.69, 9.17) is 5.73 Å². The summed E-state index contributed by atoms with van der Waals surface area (Å²) in [7, 11) is 0. The first kappa shape index (κ1) is 9.66. The first-order chi connectivity index (χ1) is 6.33. The zero-order chi connectivity index (χ0) is 9.52. The van der Waals surface area contributed by atoms with Gasteiger partial charge in [0.1, 0.15) is 12.2 Å². The largest absolute Gasteiger partial charge is 0.356 e. The average Bonchev–Trinajstić information content (AvgIpc) is 2.57. The maximum absolute atomic E-state index is 10.9. The highest BCUT2D eigenvalue weighted by Gasteiger charge is 1.99. The minimum Gasteiger partial charge on any atom is -0.356 e. The van der Waals surface area contributed by atoms with Crippen molar-refractivity contribution in [3.05, 3.63) is 12.2 Å². The van der Waals surface area contributed by atoms with Crippen LogP contribution in [0.5, 0.6) is 0 Å². The van der Waals surface area contributed by atoms with Crippen molar-refractivity contribution < 1.29 is 4.79 Å². The Kier molecular flexibility index (Phi) is 3.90. The molecule has 1 rings (SSSR count). The third kappa shape index (κ3) is 3.66. The minimum atomic E-state index is -0.0259. The van der Waals surface area contributed by atoms with E-state index in [9.17, 15) is 4.79 Å². The number of hydrogen-bond acceptors (Lipinski definition) is 4. The molecule has 6 nitrogen and oxygen atoms in total. The van der Waals surface area contributed by atoms with Gasteiger partial charge >= 0.3 is 0 Å². The summed E-state index contributed by atoms with van der Waals surface area (Å²) in [5, 5.41) is 9.11. The standard InChI is InChI=1S/C7H13N5O/c8-3-1-7(13)9-4-2-6-10-5-11-12-6/h5H,1-4,8H2,(H,9,13)(H,10,11,12). The van der Waals surface area contributed by atoms with Gasteiger partial charge in [0.25, 0.3) is 0 Å². The molecule has 0 atom stereocenters. The Morgan fingerprint density at radius 3 is 3.15 bits per heavy atom. The maximum atomic E-state index is 10.9. The highest BCUT2D eigenvalue weighted by molar-refractivity contribution is 5.75. The predicted octanol–water partition coefficient (Wildman–Crippen LogP) is -1.19. The molecule has 0 bridgehead atoms. The fourth-order valence-corrected chi connectivity index (χ4v) is 0.891. The molecule has 1 amide bonds. The van der Waals surface area contributed by atoms with E-state index in [-0.39, 0.29) is 5.91 Å². The van der Waals surface area contributed by atoms with E-state index in [1.165, 1.54) is 6.33 Å². The Labute approximate surface area is 75.9 Å². The molecule has 0 fully saturated rings. The minimum absolute atomic E-state index is 0.0259. The van der Waals surface area contributed by atoms with Crippen molar-refractivity contribution >= 4 is 5.91 Å². The van der Waals surface area contributed by atoms with E-state index in [1.807, 2.05) is 0 Å². The fourth-order valence-electron chi connectivity index (χ4n) is 0.891. The number of H-pyrrole nitrogens is 1. The topological polar surface area (TPSA) is 96.7 Å². The van der Waals surface area contributed by atoms with E-state index in [0.717, 1.165) is 5.82 Å². The summed E-state index contributed by atoms with van der Waals surface area (Å²) in [6.07, 6.45) is 2.48. The normalized spacial score (nSPS) is 9.92. The molecule has 0 unspecified atom stereocenters. The smallest absolute Gasteiger partial charge is 0.221 e.